The van der Waals surface area contributed by atoms with Crippen molar-refractivity contribution in [3.8, 4) is 0 Å². The maximum Gasteiger partial charge on any atom is 0.222 e. The molecule has 1 N–H and O–H groups in total. The van der Waals surface area contributed by atoms with E-state index in [-0.39, 0.29) is 11.9 Å². The molecule has 0 aromatic carbocycles. The summed E-state index contributed by atoms with van der Waals surface area (Å²) in [5.41, 5.74) is 2.11. The largest absolute Gasteiger partial charge is 0.346 e. The van der Waals surface area contributed by atoms with Crippen LogP contribution in [-0.2, 0) is 11.3 Å². The van der Waals surface area contributed by atoms with E-state index in [4.69, 9.17) is 0 Å². The van der Waals surface area contributed by atoms with Crippen LogP contribution in [0.2, 0.25) is 0 Å². The number of fused-ring (bicyclic) bond motifs is 3. The van der Waals surface area contributed by atoms with Gasteiger partial charge in [-0.15, -0.1) is 10.2 Å². The van der Waals surface area contributed by atoms with E-state index in [2.05, 4.69) is 50.0 Å². The van der Waals surface area contributed by atoms with E-state index in [1.165, 1.54) is 5.52 Å². The van der Waals surface area contributed by atoms with Gasteiger partial charge in [0.15, 0.2) is 0 Å². The van der Waals surface area contributed by atoms with Gasteiger partial charge in [-0.1, -0.05) is 6.92 Å². The second kappa shape index (κ2) is 7.35. The number of pyridine rings is 1. The first-order valence-electron chi connectivity index (χ1n) is 10.2. The third kappa shape index (κ3) is 3.28. The highest BCUT2D eigenvalue weighted by atomic mass is 16.2. The Balaban J connectivity index is 1.34. The molecule has 1 aliphatic heterocycles. The van der Waals surface area contributed by atoms with Gasteiger partial charge in [0, 0.05) is 55.4 Å². The van der Waals surface area contributed by atoms with Crippen molar-refractivity contribution in [3.05, 3.63) is 43.4 Å². The maximum atomic E-state index is 12.8. The van der Waals surface area contributed by atoms with Crippen molar-refractivity contribution in [1.82, 2.24) is 34.2 Å². The number of nitrogens with one attached hydrogen (secondary N) is 1. The molecule has 1 amide bonds. The van der Waals surface area contributed by atoms with Crippen molar-refractivity contribution in [3.63, 3.8) is 0 Å². The van der Waals surface area contributed by atoms with Gasteiger partial charge >= 0.3 is 0 Å². The van der Waals surface area contributed by atoms with E-state index in [9.17, 15) is 4.79 Å². The van der Waals surface area contributed by atoms with Crippen LogP contribution >= 0.6 is 0 Å². The molecule has 0 unspecified atom stereocenters. The fraction of sp³-hybridized carbons (Fsp3) is 0.429. The zero-order valence-electron chi connectivity index (χ0n) is 16.5. The molecule has 1 aliphatic rings. The molecule has 5 heterocycles. The zero-order chi connectivity index (χ0) is 19.8. The Morgan fingerprint density at radius 2 is 2.14 bits per heavy atom. The number of piperidine rings is 1. The molecule has 1 fully saturated rings. The van der Waals surface area contributed by atoms with Gasteiger partial charge in [0.2, 0.25) is 5.91 Å². The quantitative estimate of drug-likeness (QED) is 0.567. The Morgan fingerprint density at radius 3 is 3.00 bits per heavy atom. The summed E-state index contributed by atoms with van der Waals surface area (Å²) in [6.07, 6.45) is 11.8. The van der Waals surface area contributed by atoms with Gasteiger partial charge in [-0.25, -0.2) is 4.98 Å². The first-order valence-corrected chi connectivity index (χ1v) is 10.2. The van der Waals surface area contributed by atoms with Crippen molar-refractivity contribution in [2.45, 2.75) is 38.8 Å². The lowest BCUT2D eigenvalue weighted by atomic mass is 9.92. The van der Waals surface area contributed by atoms with Gasteiger partial charge in [0.25, 0.3) is 0 Å². The van der Waals surface area contributed by atoms with Crippen molar-refractivity contribution >= 4 is 27.8 Å². The minimum Gasteiger partial charge on any atom is -0.346 e. The highest BCUT2D eigenvalue weighted by Crippen LogP contribution is 2.34. The van der Waals surface area contributed by atoms with Crippen molar-refractivity contribution in [1.29, 1.82) is 0 Å². The van der Waals surface area contributed by atoms with E-state index < -0.39 is 0 Å². The molecular weight excluding hydrogens is 366 g/mol. The fourth-order valence-corrected chi connectivity index (χ4v) is 4.48. The number of aromatic amines is 1. The molecule has 0 saturated carbocycles. The summed E-state index contributed by atoms with van der Waals surface area (Å²) in [6.45, 7) is 4.65. The lowest BCUT2D eigenvalue weighted by molar-refractivity contribution is -0.133. The highest BCUT2D eigenvalue weighted by Gasteiger charge is 2.30. The van der Waals surface area contributed by atoms with Crippen LogP contribution in [-0.4, -0.2) is 53.2 Å². The molecule has 4 aromatic heterocycles. The van der Waals surface area contributed by atoms with E-state index >= 15 is 0 Å². The van der Waals surface area contributed by atoms with Gasteiger partial charge in [-0.05, 0) is 30.9 Å². The number of carbonyl (C=O) groups is 1. The number of nitrogens with zero attached hydrogens (tertiary/aromatic N) is 6. The second-order valence-electron chi connectivity index (χ2n) is 8.00. The SMILES string of the molecule is C[C@@H]1CCN(C(=O)CCCn2cnnc2)C[C@@H]1n1ccc2cnc3[nH]ccc3c21. The second-order valence-corrected chi connectivity index (χ2v) is 8.00. The van der Waals surface area contributed by atoms with Gasteiger partial charge in [0.05, 0.1) is 11.6 Å². The molecule has 8 heteroatoms. The van der Waals surface area contributed by atoms with Gasteiger partial charge in [-0.2, -0.15) is 0 Å². The molecule has 4 aromatic rings. The number of carbonyl (C=O) groups excluding carboxylic acids is 1. The summed E-state index contributed by atoms with van der Waals surface area (Å²) >= 11 is 0. The van der Waals surface area contributed by atoms with Crippen LogP contribution in [0.15, 0.2) is 43.4 Å². The molecule has 1 saturated heterocycles. The summed E-state index contributed by atoms with van der Waals surface area (Å²) in [5.74, 6) is 0.744. The first kappa shape index (κ1) is 17.9. The van der Waals surface area contributed by atoms with Gasteiger partial charge in [0.1, 0.15) is 18.3 Å². The minimum absolute atomic E-state index is 0.236. The monoisotopic (exact) mass is 391 g/mol. The number of aromatic nitrogens is 6. The number of likely N-dealkylation sites (tertiary alicyclic amines) is 1. The van der Waals surface area contributed by atoms with Crippen LogP contribution in [0.1, 0.15) is 32.2 Å². The van der Waals surface area contributed by atoms with Crippen molar-refractivity contribution < 1.29 is 4.79 Å². The summed E-state index contributed by atoms with van der Waals surface area (Å²) < 4.78 is 4.27. The topological polar surface area (TPSA) is 84.6 Å². The summed E-state index contributed by atoms with van der Waals surface area (Å²) in [4.78, 5) is 22.6. The van der Waals surface area contributed by atoms with Gasteiger partial charge in [-0.3, -0.25) is 4.79 Å². The summed E-state index contributed by atoms with van der Waals surface area (Å²) in [7, 11) is 0. The molecule has 0 radical (unpaired) electrons. The van der Waals surface area contributed by atoms with Crippen LogP contribution in [0.5, 0.6) is 0 Å². The third-order valence-corrected chi connectivity index (χ3v) is 6.16. The normalized spacial score (nSPS) is 20.0. The Kier molecular flexibility index (Phi) is 4.54. The van der Waals surface area contributed by atoms with Crippen molar-refractivity contribution in [2.24, 2.45) is 5.92 Å². The molecule has 150 valence electrons. The molecule has 8 nitrogen and oxygen atoms in total. The van der Waals surface area contributed by atoms with Crippen LogP contribution in [0.4, 0.5) is 0 Å². The van der Waals surface area contributed by atoms with Crippen LogP contribution in [0.25, 0.3) is 21.9 Å². The molecule has 2 atom stereocenters. The van der Waals surface area contributed by atoms with Crippen LogP contribution in [0, 0.1) is 5.92 Å². The van der Waals surface area contributed by atoms with E-state index in [1.54, 1.807) is 12.7 Å². The molecule has 0 bridgehead atoms. The molecular formula is C21H25N7O. The van der Waals surface area contributed by atoms with Gasteiger partial charge < -0.3 is 19.0 Å². The van der Waals surface area contributed by atoms with Crippen LogP contribution < -0.4 is 0 Å². The zero-order valence-corrected chi connectivity index (χ0v) is 16.5. The lowest BCUT2D eigenvalue weighted by Crippen LogP contribution is -2.43. The number of aryl methyl sites for hydroxylation is 1. The Bertz CT molecular complexity index is 1130. The number of H-pyrrole nitrogens is 1. The Labute approximate surface area is 168 Å². The maximum absolute atomic E-state index is 12.8. The Hall–Kier alpha value is -3.16. The minimum atomic E-state index is 0.236. The number of hydrogen-bond donors (Lipinski definition) is 1. The fourth-order valence-electron chi connectivity index (χ4n) is 4.48. The Morgan fingerprint density at radius 1 is 1.28 bits per heavy atom. The van der Waals surface area contributed by atoms with Crippen molar-refractivity contribution in [2.75, 3.05) is 13.1 Å². The van der Waals surface area contributed by atoms with Crippen LogP contribution in [0.3, 0.4) is 0 Å². The number of amides is 1. The number of rotatable bonds is 5. The third-order valence-electron chi connectivity index (χ3n) is 6.16. The summed E-state index contributed by atoms with van der Waals surface area (Å²) in [6, 6.07) is 4.48. The molecule has 5 rings (SSSR count). The number of hydrogen-bond acceptors (Lipinski definition) is 4. The molecule has 0 aliphatic carbocycles. The smallest absolute Gasteiger partial charge is 0.222 e. The summed E-state index contributed by atoms with van der Waals surface area (Å²) in [5, 5.41) is 9.89. The average Bonchev–Trinajstić information content (AvgIpc) is 3.47. The van der Waals surface area contributed by atoms with E-state index in [1.807, 2.05) is 21.9 Å². The first-order chi connectivity index (χ1) is 14.2. The lowest BCUT2D eigenvalue weighted by Gasteiger charge is -2.38. The molecule has 29 heavy (non-hydrogen) atoms. The van der Waals surface area contributed by atoms with E-state index in [0.29, 0.717) is 12.3 Å². The standard InChI is InChI=1S/C21H25N7O/c1-15-5-9-27(19(29)3-2-8-26-13-24-25-14-26)12-18(15)28-10-6-16-11-23-21-17(20(16)28)4-7-22-21/h4,6-7,10-11,13-15,18H,2-3,5,8-9,12H2,1H3,(H,22,23)/t15-,18+/m1/s1. The molecule has 0 spiro atoms. The average molecular weight is 391 g/mol. The predicted molar refractivity (Wildman–Crippen MR) is 110 cm³/mol. The highest BCUT2D eigenvalue weighted by molar-refractivity contribution is 6.02. The van der Waals surface area contributed by atoms with E-state index in [0.717, 1.165) is 48.9 Å². The predicted octanol–water partition coefficient (Wildman–Crippen LogP) is 3.00.